The van der Waals surface area contributed by atoms with Crippen molar-refractivity contribution in [1.82, 2.24) is 5.32 Å². The quantitative estimate of drug-likeness (QED) is 0.810. The van der Waals surface area contributed by atoms with E-state index in [0.717, 1.165) is 5.56 Å². The van der Waals surface area contributed by atoms with Crippen molar-refractivity contribution in [1.29, 1.82) is 0 Å². The predicted octanol–water partition coefficient (Wildman–Crippen LogP) is 3.12. The molecule has 1 aliphatic rings. The van der Waals surface area contributed by atoms with Gasteiger partial charge >= 0.3 is 12.1 Å². The second-order valence-electron chi connectivity index (χ2n) is 6.69. The summed E-state index contributed by atoms with van der Waals surface area (Å²) in [5.41, 5.74) is 1.52. The Morgan fingerprint density at radius 2 is 1.78 bits per heavy atom. The molecule has 2 aromatic rings. The van der Waals surface area contributed by atoms with Crippen LogP contribution in [0.3, 0.4) is 0 Å². The minimum Gasteiger partial charge on any atom is -0.480 e. The Morgan fingerprint density at radius 3 is 2.48 bits per heavy atom. The number of aliphatic carboxylic acids is 1. The number of alkyl carbamates (subject to hydrolysis) is 1. The zero-order chi connectivity index (χ0) is 19.4. The van der Waals surface area contributed by atoms with Crippen LogP contribution in [0, 0.1) is 0 Å². The van der Waals surface area contributed by atoms with E-state index in [-0.39, 0.29) is 13.0 Å². The lowest BCUT2D eigenvalue weighted by Crippen LogP contribution is -2.42. The Labute approximate surface area is 156 Å². The maximum Gasteiger partial charge on any atom is 0.408 e. The molecule has 0 spiro atoms. The Bertz CT molecular complexity index is 834. The van der Waals surface area contributed by atoms with Crippen LogP contribution in [-0.2, 0) is 22.6 Å². The largest absolute Gasteiger partial charge is 0.480 e. The number of rotatable bonds is 6. The maximum absolute atomic E-state index is 12.0. The van der Waals surface area contributed by atoms with E-state index < -0.39 is 23.9 Å². The van der Waals surface area contributed by atoms with Crippen LogP contribution in [0.15, 0.2) is 48.5 Å². The van der Waals surface area contributed by atoms with Gasteiger partial charge in [0.05, 0.1) is 0 Å². The maximum atomic E-state index is 12.0. The van der Waals surface area contributed by atoms with E-state index in [1.807, 2.05) is 30.3 Å². The first-order valence-electron chi connectivity index (χ1n) is 8.53. The van der Waals surface area contributed by atoms with E-state index in [1.165, 1.54) is 0 Å². The number of carbonyl (C=O) groups excluding carboxylic acids is 1. The summed E-state index contributed by atoms with van der Waals surface area (Å²) in [4.78, 5) is 23.5. The lowest BCUT2D eigenvalue weighted by atomic mass is 10.1. The number of amides is 1. The summed E-state index contributed by atoms with van der Waals surface area (Å²) in [6, 6.07) is 13.2. The highest BCUT2D eigenvalue weighted by Gasteiger charge is 2.32. The fourth-order valence-corrected chi connectivity index (χ4v) is 2.74. The van der Waals surface area contributed by atoms with Gasteiger partial charge in [-0.1, -0.05) is 36.4 Å². The van der Waals surface area contributed by atoms with Crippen LogP contribution < -0.4 is 14.8 Å². The van der Waals surface area contributed by atoms with E-state index in [0.29, 0.717) is 17.1 Å². The molecular formula is C20H21NO6. The second-order valence-corrected chi connectivity index (χ2v) is 6.69. The number of hydrogen-bond donors (Lipinski definition) is 2. The first kappa shape index (κ1) is 18.6. The van der Waals surface area contributed by atoms with Gasteiger partial charge in [-0.05, 0) is 23.3 Å². The van der Waals surface area contributed by atoms with Crippen molar-refractivity contribution in [2.75, 3.05) is 0 Å². The van der Waals surface area contributed by atoms with Crippen LogP contribution in [0.25, 0.3) is 0 Å². The van der Waals surface area contributed by atoms with Gasteiger partial charge in [-0.15, -0.1) is 0 Å². The van der Waals surface area contributed by atoms with Gasteiger partial charge in [-0.3, -0.25) is 0 Å². The van der Waals surface area contributed by atoms with Gasteiger partial charge in [0, 0.05) is 20.3 Å². The summed E-state index contributed by atoms with van der Waals surface area (Å²) in [5.74, 6) is -0.754. The van der Waals surface area contributed by atoms with Gasteiger partial charge in [0.2, 0.25) is 5.79 Å². The van der Waals surface area contributed by atoms with Crippen molar-refractivity contribution in [3.63, 3.8) is 0 Å². The number of nitrogens with one attached hydrogen (secondary N) is 1. The summed E-state index contributed by atoms with van der Waals surface area (Å²) >= 11 is 0. The normalized spacial score (nSPS) is 15.0. The van der Waals surface area contributed by atoms with Crippen molar-refractivity contribution in [3.8, 4) is 11.5 Å². The molecule has 7 nitrogen and oxygen atoms in total. The fourth-order valence-electron chi connectivity index (χ4n) is 2.74. The van der Waals surface area contributed by atoms with Gasteiger partial charge in [0.25, 0.3) is 0 Å². The first-order chi connectivity index (χ1) is 12.8. The molecule has 0 radical (unpaired) electrons. The molecule has 27 heavy (non-hydrogen) atoms. The molecule has 1 heterocycles. The highest BCUT2D eigenvalue weighted by molar-refractivity contribution is 5.80. The molecule has 0 bridgehead atoms. The molecule has 2 N–H and O–H groups in total. The third-order valence-electron chi connectivity index (χ3n) is 3.96. The van der Waals surface area contributed by atoms with E-state index in [2.05, 4.69) is 5.32 Å². The number of carboxylic acids is 1. The number of fused-ring (bicyclic) bond motifs is 1. The molecule has 3 rings (SSSR count). The van der Waals surface area contributed by atoms with Gasteiger partial charge < -0.3 is 24.6 Å². The first-order valence-corrected chi connectivity index (χ1v) is 8.53. The van der Waals surface area contributed by atoms with Gasteiger partial charge in [0.1, 0.15) is 12.6 Å². The lowest BCUT2D eigenvalue weighted by molar-refractivity contribution is -0.139. The summed E-state index contributed by atoms with van der Waals surface area (Å²) in [5, 5.41) is 11.8. The van der Waals surface area contributed by atoms with Gasteiger partial charge in [-0.25, -0.2) is 9.59 Å². The standard InChI is InChI=1S/C20H21NO6/c1-20(2)26-16-9-8-14(11-17(16)27-20)10-15(18(22)23)21-19(24)25-12-13-6-4-3-5-7-13/h3-9,11,15H,10,12H2,1-2H3,(H,21,24)(H,22,23). The number of benzene rings is 2. The van der Waals surface area contributed by atoms with Crippen molar-refractivity contribution in [2.45, 2.75) is 38.7 Å². The summed E-state index contributed by atoms with van der Waals surface area (Å²) in [6.07, 6.45) is -0.694. The fraction of sp³-hybridized carbons (Fsp3) is 0.300. The SMILES string of the molecule is CC1(C)Oc2ccc(CC(NC(=O)OCc3ccccc3)C(=O)O)cc2O1. The average molecular weight is 371 g/mol. The molecule has 7 heteroatoms. The zero-order valence-corrected chi connectivity index (χ0v) is 15.1. The number of hydrogen-bond acceptors (Lipinski definition) is 5. The van der Waals surface area contributed by atoms with Crippen LogP contribution in [0.2, 0.25) is 0 Å². The summed E-state index contributed by atoms with van der Waals surface area (Å²) in [6.45, 7) is 3.65. The third kappa shape index (κ3) is 4.91. The van der Waals surface area contributed by atoms with Crippen LogP contribution in [0.1, 0.15) is 25.0 Å². The van der Waals surface area contributed by atoms with Crippen LogP contribution >= 0.6 is 0 Å². The molecule has 1 aliphatic heterocycles. The van der Waals surface area contributed by atoms with E-state index in [4.69, 9.17) is 14.2 Å². The Balaban J connectivity index is 1.60. The highest BCUT2D eigenvalue weighted by atomic mass is 16.7. The van der Waals surface area contributed by atoms with Crippen molar-refractivity contribution >= 4 is 12.1 Å². The minimum atomic E-state index is -1.15. The lowest BCUT2D eigenvalue weighted by Gasteiger charge is -2.16. The minimum absolute atomic E-state index is 0.0676. The molecule has 1 amide bonds. The predicted molar refractivity (Wildman–Crippen MR) is 96.7 cm³/mol. The van der Waals surface area contributed by atoms with Crippen LogP contribution in [-0.4, -0.2) is 29.0 Å². The highest BCUT2D eigenvalue weighted by Crippen LogP contribution is 2.39. The zero-order valence-electron chi connectivity index (χ0n) is 15.1. The van der Waals surface area contributed by atoms with Crippen molar-refractivity contribution < 1.29 is 28.9 Å². The van der Waals surface area contributed by atoms with Crippen molar-refractivity contribution in [3.05, 3.63) is 59.7 Å². The molecule has 1 atom stereocenters. The Hall–Kier alpha value is -3.22. The molecule has 2 aromatic carbocycles. The molecule has 0 saturated heterocycles. The summed E-state index contributed by atoms with van der Waals surface area (Å²) < 4.78 is 16.4. The van der Waals surface area contributed by atoms with Gasteiger partial charge in [-0.2, -0.15) is 0 Å². The molecule has 0 aromatic heterocycles. The number of ether oxygens (including phenoxy) is 3. The monoisotopic (exact) mass is 371 g/mol. The topological polar surface area (TPSA) is 94.1 Å². The molecule has 0 fully saturated rings. The molecule has 0 saturated carbocycles. The number of carboxylic acid groups (broad SMARTS) is 1. The molecule has 0 aliphatic carbocycles. The van der Waals surface area contributed by atoms with E-state index in [9.17, 15) is 14.7 Å². The summed E-state index contributed by atoms with van der Waals surface area (Å²) in [7, 11) is 0. The smallest absolute Gasteiger partial charge is 0.408 e. The molecule has 1 unspecified atom stereocenters. The van der Waals surface area contributed by atoms with Gasteiger partial charge in [0.15, 0.2) is 11.5 Å². The third-order valence-corrected chi connectivity index (χ3v) is 3.96. The molecular weight excluding hydrogens is 350 g/mol. The average Bonchev–Trinajstić information content (AvgIpc) is 2.93. The number of carbonyl (C=O) groups is 2. The Kier molecular flexibility index (Phi) is 5.21. The van der Waals surface area contributed by atoms with Crippen LogP contribution in [0.4, 0.5) is 4.79 Å². The Morgan fingerprint density at radius 1 is 1.07 bits per heavy atom. The van der Waals surface area contributed by atoms with Crippen LogP contribution in [0.5, 0.6) is 11.5 Å². The van der Waals surface area contributed by atoms with Crippen molar-refractivity contribution in [2.24, 2.45) is 0 Å². The molecule has 142 valence electrons. The van der Waals surface area contributed by atoms with E-state index in [1.54, 1.807) is 32.0 Å². The second kappa shape index (κ2) is 7.57. The van der Waals surface area contributed by atoms with E-state index >= 15 is 0 Å².